The minimum atomic E-state index is 0.0425. The number of para-hydroxylation sites is 1. The predicted octanol–water partition coefficient (Wildman–Crippen LogP) is 4.62. The van der Waals surface area contributed by atoms with Crippen molar-refractivity contribution in [3.05, 3.63) is 77.8 Å². The summed E-state index contributed by atoms with van der Waals surface area (Å²) in [4.78, 5) is 24.2. The third kappa shape index (κ3) is 3.55. The zero-order valence-corrected chi connectivity index (χ0v) is 17.0. The van der Waals surface area contributed by atoms with Crippen LogP contribution in [0.25, 0.3) is 22.2 Å². The van der Waals surface area contributed by atoms with Gasteiger partial charge in [0.2, 0.25) is 0 Å². The summed E-state index contributed by atoms with van der Waals surface area (Å²) in [6.45, 7) is 1.38. The molecular weight excluding hydrogens is 398 g/mol. The lowest BCUT2D eigenvalue weighted by atomic mass is 10.0. The molecule has 1 aliphatic heterocycles. The van der Waals surface area contributed by atoms with Crippen molar-refractivity contribution in [1.82, 2.24) is 24.6 Å². The molecule has 7 heteroatoms. The van der Waals surface area contributed by atoms with Gasteiger partial charge in [0.05, 0.1) is 22.8 Å². The summed E-state index contributed by atoms with van der Waals surface area (Å²) in [6.07, 6.45) is 5.03. The number of hydrogen-bond acceptors (Lipinski definition) is 4. The molecule has 0 atom stereocenters. The van der Waals surface area contributed by atoms with Crippen LogP contribution in [0.2, 0.25) is 5.02 Å². The van der Waals surface area contributed by atoms with E-state index in [9.17, 15) is 4.79 Å². The number of aromatic nitrogens is 4. The number of carbonyl (C=O) groups excluding carboxylic acids is 1. The molecule has 2 aromatic carbocycles. The Morgan fingerprint density at radius 2 is 1.80 bits per heavy atom. The minimum Gasteiger partial charge on any atom is -0.338 e. The van der Waals surface area contributed by atoms with E-state index in [1.165, 1.54) is 0 Å². The number of benzene rings is 2. The van der Waals surface area contributed by atoms with Gasteiger partial charge in [0, 0.05) is 29.1 Å². The van der Waals surface area contributed by atoms with Gasteiger partial charge < -0.3 is 4.90 Å². The van der Waals surface area contributed by atoms with E-state index < -0.39 is 0 Å². The molecule has 4 aromatic rings. The van der Waals surface area contributed by atoms with E-state index in [2.05, 4.69) is 10.1 Å². The summed E-state index contributed by atoms with van der Waals surface area (Å²) in [5, 5.41) is 5.79. The van der Waals surface area contributed by atoms with Crippen LogP contribution in [-0.4, -0.2) is 43.6 Å². The maximum absolute atomic E-state index is 13.5. The van der Waals surface area contributed by atoms with Gasteiger partial charge >= 0.3 is 0 Å². The fourth-order valence-corrected chi connectivity index (χ4v) is 4.16. The molecule has 0 radical (unpaired) electrons. The molecule has 2 aromatic heterocycles. The highest BCUT2D eigenvalue weighted by atomic mass is 35.5. The van der Waals surface area contributed by atoms with E-state index >= 15 is 0 Å². The summed E-state index contributed by atoms with van der Waals surface area (Å²) >= 11 is 6.03. The Bertz CT molecular complexity index is 1180. The van der Waals surface area contributed by atoms with Gasteiger partial charge in [-0.05, 0) is 37.1 Å². The average Bonchev–Trinajstić information content (AvgIpc) is 3.33. The fourth-order valence-electron chi connectivity index (χ4n) is 4.03. The molecule has 1 saturated heterocycles. The monoisotopic (exact) mass is 417 g/mol. The van der Waals surface area contributed by atoms with Crippen molar-refractivity contribution in [2.75, 3.05) is 13.1 Å². The SMILES string of the molecule is O=C(c1cc(-c2ccc(Cl)cc2)nc2ccccc12)N1CCC(n2cncn2)CC1. The number of piperidine rings is 1. The number of halogens is 1. The van der Waals surface area contributed by atoms with E-state index in [-0.39, 0.29) is 11.9 Å². The summed E-state index contributed by atoms with van der Waals surface area (Å²) in [5.41, 5.74) is 3.20. The predicted molar refractivity (Wildman–Crippen MR) is 116 cm³/mol. The Morgan fingerprint density at radius 1 is 1.03 bits per heavy atom. The number of pyridine rings is 1. The maximum Gasteiger partial charge on any atom is 0.254 e. The lowest BCUT2D eigenvalue weighted by molar-refractivity contribution is 0.0692. The molecule has 0 N–H and O–H groups in total. The van der Waals surface area contributed by atoms with Gasteiger partial charge in [0.1, 0.15) is 12.7 Å². The van der Waals surface area contributed by atoms with Crippen LogP contribution in [0.5, 0.6) is 0 Å². The van der Waals surface area contributed by atoms with Crippen molar-refractivity contribution in [2.45, 2.75) is 18.9 Å². The highest BCUT2D eigenvalue weighted by Crippen LogP contribution is 2.28. The lowest BCUT2D eigenvalue weighted by Crippen LogP contribution is -2.39. The van der Waals surface area contributed by atoms with E-state index in [0.717, 1.165) is 35.0 Å². The van der Waals surface area contributed by atoms with Crippen molar-refractivity contribution in [3.8, 4) is 11.3 Å². The average molecular weight is 418 g/mol. The third-order valence-corrected chi connectivity index (χ3v) is 5.90. The molecule has 1 amide bonds. The molecular formula is C23H20ClN5O. The van der Waals surface area contributed by atoms with Gasteiger partial charge in [-0.2, -0.15) is 5.10 Å². The summed E-state index contributed by atoms with van der Waals surface area (Å²) in [5.74, 6) is 0.0425. The van der Waals surface area contributed by atoms with Crippen LogP contribution in [0.1, 0.15) is 29.2 Å². The number of nitrogens with zero attached hydrogens (tertiary/aromatic N) is 5. The second-order valence-corrected chi connectivity index (χ2v) is 7.91. The zero-order valence-electron chi connectivity index (χ0n) is 16.3. The Kier molecular flexibility index (Phi) is 4.93. The maximum atomic E-state index is 13.5. The van der Waals surface area contributed by atoms with Gasteiger partial charge in [-0.1, -0.05) is 41.9 Å². The first-order valence-electron chi connectivity index (χ1n) is 9.98. The normalized spacial score (nSPS) is 14.9. The van der Waals surface area contributed by atoms with E-state index in [0.29, 0.717) is 23.7 Å². The summed E-state index contributed by atoms with van der Waals surface area (Å²) < 4.78 is 1.89. The molecule has 150 valence electrons. The highest BCUT2D eigenvalue weighted by molar-refractivity contribution is 6.30. The number of amides is 1. The molecule has 30 heavy (non-hydrogen) atoms. The van der Waals surface area contributed by atoms with Crippen LogP contribution in [-0.2, 0) is 0 Å². The van der Waals surface area contributed by atoms with Crippen LogP contribution in [0.3, 0.4) is 0 Å². The molecule has 3 heterocycles. The van der Waals surface area contributed by atoms with E-state index in [1.54, 1.807) is 12.7 Å². The molecule has 0 spiro atoms. The molecule has 0 bridgehead atoms. The van der Waals surface area contributed by atoms with Crippen molar-refractivity contribution in [3.63, 3.8) is 0 Å². The van der Waals surface area contributed by atoms with Gasteiger partial charge in [0.15, 0.2) is 0 Å². The van der Waals surface area contributed by atoms with Gasteiger partial charge in [-0.3, -0.25) is 4.79 Å². The van der Waals surface area contributed by atoms with Crippen LogP contribution in [0.4, 0.5) is 0 Å². The first-order valence-corrected chi connectivity index (χ1v) is 10.4. The highest BCUT2D eigenvalue weighted by Gasteiger charge is 2.26. The molecule has 0 aliphatic carbocycles. The van der Waals surface area contributed by atoms with Crippen LogP contribution < -0.4 is 0 Å². The molecule has 1 fully saturated rings. The first-order chi connectivity index (χ1) is 14.7. The second kappa shape index (κ2) is 7.88. The Morgan fingerprint density at radius 3 is 2.53 bits per heavy atom. The quantitative estimate of drug-likeness (QED) is 0.487. The van der Waals surface area contributed by atoms with Crippen molar-refractivity contribution in [1.29, 1.82) is 0 Å². The van der Waals surface area contributed by atoms with Crippen LogP contribution in [0, 0.1) is 0 Å². The van der Waals surface area contributed by atoms with E-state index in [1.807, 2.05) is 64.2 Å². The summed E-state index contributed by atoms with van der Waals surface area (Å²) in [7, 11) is 0. The lowest BCUT2D eigenvalue weighted by Gasteiger charge is -2.32. The largest absolute Gasteiger partial charge is 0.338 e. The van der Waals surface area contributed by atoms with Crippen LogP contribution >= 0.6 is 11.6 Å². The van der Waals surface area contributed by atoms with Crippen LogP contribution in [0.15, 0.2) is 67.3 Å². The van der Waals surface area contributed by atoms with E-state index in [4.69, 9.17) is 16.6 Å². The molecule has 0 saturated carbocycles. The molecule has 5 rings (SSSR count). The number of hydrogen-bond donors (Lipinski definition) is 0. The standard InChI is InChI=1S/C23H20ClN5O/c24-17-7-5-16(6-8-17)22-13-20(19-3-1-2-4-21(19)27-22)23(30)28-11-9-18(10-12-28)29-15-25-14-26-29/h1-8,13-15,18H,9-12H2. The van der Waals surface area contributed by atoms with Crippen molar-refractivity contribution in [2.24, 2.45) is 0 Å². The minimum absolute atomic E-state index is 0.0425. The van der Waals surface area contributed by atoms with Gasteiger partial charge in [-0.25, -0.2) is 14.6 Å². The zero-order chi connectivity index (χ0) is 20.5. The fraction of sp³-hybridized carbons (Fsp3) is 0.217. The molecule has 6 nitrogen and oxygen atoms in total. The van der Waals surface area contributed by atoms with Gasteiger partial charge in [-0.15, -0.1) is 0 Å². The Hall–Kier alpha value is -3.25. The van der Waals surface area contributed by atoms with Gasteiger partial charge in [0.25, 0.3) is 5.91 Å². The Balaban J connectivity index is 1.47. The number of rotatable bonds is 3. The van der Waals surface area contributed by atoms with Crippen molar-refractivity contribution < 1.29 is 4.79 Å². The number of fused-ring (bicyclic) bond motifs is 1. The summed E-state index contributed by atoms with van der Waals surface area (Å²) in [6, 6.07) is 17.5. The topological polar surface area (TPSA) is 63.9 Å². The smallest absolute Gasteiger partial charge is 0.254 e. The second-order valence-electron chi connectivity index (χ2n) is 7.48. The third-order valence-electron chi connectivity index (χ3n) is 5.65. The number of likely N-dealkylation sites (tertiary alicyclic amines) is 1. The van der Waals surface area contributed by atoms with Crippen molar-refractivity contribution >= 4 is 28.4 Å². The molecule has 0 unspecified atom stereocenters. The number of carbonyl (C=O) groups is 1. The molecule has 1 aliphatic rings. The first kappa shape index (κ1) is 18.8. The Labute approximate surface area is 179 Å².